The van der Waals surface area contributed by atoms with Gasteiger partial charge in [0.15, 0.2) is 9.84 Å². The van der Waals surface area contributed by atoms with E-state index in [1.807, 2.05) is 6.07 Å². The summed E-state index contributed by atoms with van der Waals surface area (Å²) in [6.07, 6.45) is 0. The lowest BCUT2D eigenvalue weighted by atomic mass is 10.2. The van der Waals surface area contributed by atoms with Gasteiger partial charge >= 0.3 is 0 Å². The highest BCUT2D eigenvalue weighted by Crippen LogP contribution is 2.13. The first-order valence-corrected chi connectivity index (χ1v) is 8.53. The van der Waals surface area contributed by atoms with E-state index in [0.29, 0.717) is 5.56 Å². The van der Waals surface area contributed by atoms with Gasteiger partial charge in [0, 0.05) is 10.7 Å². The first-order chi connectivity index (χ1) is 7.74. The van der Waals surface area contributed by atoms with Crippen LogP contribution in [0.15, 0.2) is 29.2 Å². The molecule has 0 saturated carbocycles. The van der Waals surface area contributed by atoms with E-state index in [4.69, 9.17) is 15.9 Å². The van der Waals surface area contributed by atoms with Crippen LogP contribution >= 0.6 is 10.7 Å². The molecule has 0 saturated heterocycles. The van der Waals surface area contributed by atoms with E-state index in [9.17, 15) is 16.8 Å². The number of hydrogen-bond donors (Lipinski definition) is 0. The molecule has 0 amide bonds. The standard InChI is InChI=1S/C9H8ClNO4S2/c10-17(14,15)6-5-16(12,13)9-3-1-8(7-11)2-4-9/h1-4H,5-6H2. The molecule has 0 N–H and O–H groups in total. The fraction of sp³-hybridized carbons (Fsp3) is 0.222. The zero-order valence-electron chi connectivity index (χ0n) is 8.50. The van der Waals surface area contributed by atoms with E-state index in [1.165, 1.54) is 24.3 Å². The highest BCUT2D eigenvalue weighted by molar-refractivity contribution is 8.14. The van der Waals surface area contributed by atoms with Crippen LogP contribution in [0.5, 0.6) is 0 Å². The molecule has 8 heteroatoms. The monoisotopic (exact) mass is 293 g/mol. The molecule has 1 rings (SSSR count). The van der Waals surface area contributed by atoms with Crippen LogP contribution < -0.4 is 0 Å². The lowest BCUT2D eigenvalue weighted by molar-refractivity contribution is 0.592. The summed E-state index contributed by atoms with van der Waals surface area (Å²) in [5, 5.41) is 8.55. The highest BCUT2D eigenvalue weighted by Gasteiger charge is 2.18. The maximum atomic E-state index is 11.7. The van der Waals surface area contributed by atoms with E-state index in [-0.39, 0.29) is 4.90 Å². The molecular weight excluding hydrogens is 286 g/mol. The average molecular weight is 294 g/mol. The van der Waals surface area contributed by atoms with Gasteiger partial charge in [-0.1, -0.05) is 0 Å². The molecule has 92 valence electrons. The molecule has 1 aromatic rings. The Labute approximate surface area is 104 Å². The predicted octanol–water partition coefficient (Wildman–Crippen LogP) is 0.901. The maximum absolute atomic E-state index is 11.7. The minimum absolute atomic E-state index is 0.0307. The molecule has 5 nitrogen and oxygen atoms in total. The molecule has 0 radical (unpaired) electrons. The zero-order chi connectivity index (χ0) is 13.1. The number of halogens is 1. The summed E-state index contributed by atoms with van der Waals surface area (Å²) in [7, 11) is -2.59. The van der Waals surface area contributed by atoms with E-state index in [1.54, 1.807) is 0 Å². The molecule has 0 spiro atoms. The number of hydrogen-bond acceptors (Lipinski definition) is 5. The summed E-state index contributed by atoms with van der Waals surface area (Å²) < 4.78 is 44.7. The predicted molar refractivity (Wildman–Crippen MR) is 62.8 cm³/mol. The van der Waals surface area contributed by atoms with E-state index >= 15 is 0 Å². The molecule has 0 aliphatic rings. The number of nitriles is 1. The number of sulfone groups is 1. The molecule has 0 aliphatic heterocycles. The molecule has 17 heavy (non-hydrogen) atoms. The van der Waals surface area contributed by atoms with Gasteiger partial charge in [0.05, 0.1) is 28.0 Å². The van der Waals surface area contributed by atoms with Crippen LogP contribution in [0.2, 0.25) is 0 Å². The topological polar surface area (TPSA) is 92.1 Å². The van der Waals surface area contributed by atoms with E-state index in [0.717, 1.165) is 0 Å². The lowest BCUT2D eigenvalue weighted by Crippen LogP contribution is -2.14. The number of rotatable bonds is 4. The summed E-state index contributed by atoms with van der Waals surface area (Å²) in [4.78, 5) is -0.0307. The Balaban J connectivity index is 2.94. The smallest absolute Gasteiger partial charge is 0.224 e. The van der Waals surface area contributed by atoms with E-state index < -0.39 is 30.4 Å². The van der Waals surface area contributed by atoms with Crippen LogP contribution in [0.3, 0.4) is 0 Å². The molecule has 0 bridgehead atoms. The first kappa shape index (κ1) is 14.0. The molecule has 1 aromatic carbocycles. The molecular formula is C9H8ClNO4S2. The van der Waals surface area contributed by atoms with Crippen molar-refractivity contribution in [1.29, 1.82) is 5.26 Å². The minimum atomic E-state index is -3.84. The van der Waals surface area contributed by atoms with Crippen LogP contribution in [0.1, 0.15) is 5.56 Å². The van der Waals surface area contributed by atoms with Crippen LogP contribution in [0.25, 0.3) is 0 Å². The third-order valence-electron chi connectivity index (χ3n) is 1.94. The van der Waals surface area contributed by atoms with Crippen molar-refractivity contribution in [3.8, 4) is 6.07 Å². The summed E-state index contributed by atoms with van der Waals surface area (Å²) in [6.45, 7) is 0. The second-order valence-electron chi connectivity index (χ2n) is 3.20. The Kier molecular flexibility index (Phi) is 4.14. The number of benzene rings is 1. The molecule has 0 atom stereocenters. The van der Waals surface area contributed by atoms with Gasteiger partial charge in [-0.3, -0.25) is 0 Å². The molecule has 0 heterocycles. The Morgan fingerprint density at radius 2 is 1.59 bits per heavy atom. The molecule has 0 unspecified atom stereocenters. The zero-order valence-corrected chi connectivity index (χ0v) is 10.9. The van der Waals surface area contributed by atoms with Crippen molar-refractivity contribution < 1.29 is 16.8 Å². The average Bonchev–Trinajstić information content (AvgIpc) is 2.26. The molecule has 0 aliphatic carbocycles. The lowest BCUT2D eigenvalue weighted by Gasteiger charge is -2.02. The Morgan fingerprint density at radius 3 is 2.00 bits per heavy atom. The first-order valence-electron chi connectivity index (χ1n) is 4.40. The van der Waals surface area contributed by atoms with Gasteiger partial charge in [-0.15, -0.1) is 0 Å². The van der Waals surface area contributed by atoms with Crippen molar-refractivity contribution in [2.24, 2.45) is 0 Å². The third-order valence-corrected chi connectivity index (χ3v) is 5.08. The van der Waals surface area contributed by atoms with Crippen molar-refractivity contribution in [2.45, 2.75) is 4.90 Å². The van der Waals surface area contributed by atoms with Gasteiger partial charge in [-0.2, -0.15) is 5.26 Å². The fourth-order valence-corrected chi connectivity index (χ4v) is 4.09. The van der Waals surface area contributed by atoms with Gasteiger partial charge in [0.25, 0.3) is 0 Å². The van der Waals surface area contributed by atoms with Crippen LogP contribution in [-0.2, 0) is 18.9 Å². The van der Waals surface area contributed by atoms with E-state index in [2.05, 4.69) is 0 Å². The Bertz CT molecular complexity index is 641. The van der Waals surface area contributed by atoms with Crippen molar-refractivity contribution in [3.63, 3.8) is 0 Å². The van der Waals surface area contributed by atoms with Gasteiger partial charge in [0.2, 0.25) is 9.05 Å². The minimum Gasteiger partial charge on any atom is -0.224 e. The van der Waals surface area contributed by atoms with Gasteiger partial charge in [0.1, 0.15) is 0 Å². The van der Waals surface area contributed by atoms with Crippen LogP contribution in [0.4, 0.5) is 0 Å². The van der Waals surface area contributed by atoms with Crippen molar-refractivity contribution in [3.05, 3.63) is 29.8 Å². The summed E-state index contributed by atoms with van der Waals surface area (Å²) in [5.74, 6) is -1.22. The maximum Gasteiger partial charge on any atom is 0.233 e. The van der Waals surface area contributed by atoms with Gasteiger partial charge < -0.3 is 0 Å². The second kappa shape index (κ2) is 5.04. The molecule has 0 aromatic heterocycles. The van der Waals surface area contributed by atoms with Crippen molar-refractivity contribution in [2.75, 3.05) is 11.5 Å². The highest BCUT2D eigenvalue weighted by atomic mass is 35.7. The SMILES string of the molecule is N#Cc1ccc(S(=O)(=O)CCS(=O)(=O)Cl)cc1. The quantitative estimate of drug-likeness (QED) is 0.769. The normalized spacial score (nSPS) is 12.0. The summed E-state index contributed by atoms with van der Waals surface area (Å²) >= 11 is 0. The van der Waals surface area contributed by atoms with Crippen molar-refractivity contribution in [1.82, 2.24) is 0 Å². The Hall–Kier alpha value is -1.10. The largest absolute Gasteiger partial charge is 0.233 e. The van der Waals surface area contributed by atoms with Crippen LogP contribution in [-0.4, -0.2) is 28.3 Å². The van der Waals surface area contributed by atoms with Gasteiger partial charge in [-0.05, 0) is 24.3 Å². The van der Waals surface area contributed by atoms with Gasteiger partial charge in [-0.25, -0.2) is 16.8 Å². The fourth-order valence-electron chi connectivity index (χ4n) is 1.06. The summed E-state index contributed by atoms with van der Waals surface area (Å²) in [6, 6.07) is 7.07. The second-order valence-corrected chi connectivity index (χ2v) is 8.20. The third kappa shape index (κ3) is 4.34. The Morgan fingerprint density at radius 1 is 1.06 bits per heavy atom. The van der Waals surface area contributed by atoms with Crippen LogP contribution in [0, 0.1) is 11.3 Å². The molecule has 0 fully saturated rings. The van der Waals surface area contributed by atoms with Crippen molar-refractivity contribution >= 4 is 29.6 Å². The summed E-state index contributed by atoms with van der Waals surface area (Å²) in [5.41, 5.74) is 0.328. The number of nitrogens with zero attached hydrogens (tertiary/aromatic N) is 1.